The van der Waals surface area contributed by atoms with E-state index in [4.69, 9.17) is 10.5 Å². The molecule has 0 spiro atoms. The molecule has 0 unspecified atom stereocenters. The quantitative estimate of drug-likeness (QED) is 0.874. The number of hydrogen-bond acceptors (Lipinski definition) is 5. The van der Waals surface area contributed by atoms with Crippen molar-refractivity contribution in [2.24, 2.45) is 0 Å². The molecule has 0 saturated carbocycles. The van der Waals surface area contributed by atoms with Crippen LogP contribution in [0, 0.1) is 12.7 Å². The summed E-state index contributed by atoms with van der Waals surface area (Å²) >= 11 is 0. The number of nitrogen functional groups attached to an aromatic ring is 1. The zero-order chi connectivity index (χ0) is 15.6. The van der Waals surface area contributed by atoms with E-state index in [1.54, 1.807) is 13.0 Å². The molecule has 112 valence electrons. The number of pyridine rings is 1. The van der Waals surface area contributed by atoms with Gasteiger partial charge in [0.1, 0.15) is 11.6 Å². The van der Waals surface area contributed by atoms with Crippen molar-refractivity contribution in [3.05, 3.63) is 47.5 Å². The van der Waals surface area contributed by atoms with Crippen LogP contribution in [0.25, 0.3) is 0 Å². The van der Waals surface area contributed by atoms with Gasteiger partial charge in [-0.3, -0.25) is 4.98 Å². The molecule has 0 saturated heterocycles. The molecule has 0 radical (unpaired) electrons. The molecule has 0 atom stereocenters. The number of aryl methyl sites for hydroxylation is 1. The van der Waals surface area contributed by atoms with E-state index < -0.39 is 15.7 Å². The molecule has 0 aliphatic heterocycles. The van der Waals surface area contributed by atoms with Gasteiger partial charge in [-0.05, 0) is 25.1 Å². The highest BCUT2D eigenvalue weighted by atomic mass is 32.2. The molecule has 1 aromatic carbocycles. The minimum absolute atomic E-state index is 0.0587. The van der Waals surface area contributed by atoms with Gasteiger partial charge in [0.25, 0.3) is 0 Å². The minimum Gasteiger partial charge on any atom is -0.497 e. The Balaban J connectivity index is 2.39. The van der Waals surface area contributed by atoms with E-state index in [1.165, 1.54) is 19.2 Å². The van der Waals surface area contributed by atoms with Gasteiger partial charge >= 0.3 is 0 Å². The van der Waals surface area contributed by atoms with Crippen molar-refractivity contribution in [3.63, 3.8) is 0 Å². The van der Waals surface area contributed by atoms with Gasteiger partial charge in [-0.2, -0.15) is 0 Å². The third-order valence-corrected chi connectivity index (χ3v) is 4.44. The van der Waals surface area contributed by atoms with Crippen molar-refractivity contribution in [1.29, 1.82) is 0 Å². The topological polar surface area (TPSA) is 82.3 Å². The van der Waals surface area contributed by atoms with E-state index in [0.29, 0.717) is 17.1 Å². The number of hydrogen-bond donors (Lipinski definition) is 1. The van der Waals surface area contributed by atoms with Crippen LogP contribution in [-0.2, 0) is 15.6 Å². The second kappa shape index (κ2) is 5.69. The molecule has 5 nitrogen and oxygen atoms in total. The van der Waals surface area contributed by atoms with Crippen LogP contribution in [0.1, 0.15) is 11.4 Å². The Labute approximate surface area is 122 Å². The molecule has 0 fully saturated rings. The Kier molecular flexibility index (Phi) is 4.13. The molecule has 1 aromatic heterocycles. The van der Waals surface area contributed by atoms with Crippen molar-refractivity contribution in [3.8, 4) is 5.75 Å². The number of benzene rings is 1. The number of rotatable bonds is 4. The van der Waals surface area contributed by atoms with Crippen LogP contribution in [0.2, 0.25) is 0 Å². The van der Waals surface area contributed by atoms with Crippen LogP contribution in [-0.4, -0.2) is 20.5 Å². The molecule has 2 aromatic rings. The number of methoxy groups -OCH3 is 1. The first-order chi connectivity index (χ1) is 9.80. The summed E-state index contributed by atoms with van der Waals surface area (Å²) in [6.07, 6.45) is 0. The average molecular weight is 310 g/mol. The van der Waals surface area contributed by atoms with E-state index >= 15 is 0 Å². The Bertz CT molecular complexity index is 756. The van der Waals surface area contributed by atoms with Crippen LogP contribution >= 0.6 is 0 Å². The minimum atomic E-state index is -3.74. The fourth-order valence-corrected chi connectivity index (χ4v) is 3.25. The summed E-state index contributed by atoms with van der Waals surface area (Å²) in [5.41, 5.74) is 6.50. The zero-order valence-electron chi connectivity index (χ0n) is 11.6. The largest absolute Gasteiger partial charge is 0.497 e. The second-order valence-corrected chi connectivity index (χ2v) is 6.61. The van der Waals surface area contributed by atoms with Crippen LogP contribution < -0.4 is 10.5 Å². The van der Waals surface area contributed by atoms with Crippen molar-refractivity contribution in [2.45, 2.75) is 17.6 Å². The summed E-state index contributed by atoms with van der Waals surface area (Å²) in [4.78, 5) is 3.99. The molecule has 0 aliphatic rings. The summed E-state index contributed by atoms with van der Waals surface area (Å²) in [6.45, 7) is 1.73. The molecule has 21 heavy (non-hydrogen) atoms. The Hall–Kier alpha value is -2.15. The summed E-state index contributed by atoms with van der Waals surface area (Å²) < 4.78 is 43.0. The number of ether oxygens (including phenoxy) is 1. The molecule has 0 aliphatic carbocycles. The van der Waals surface area contributed by atoms with Gasteiger partial charge in [-0.1, -0.05) is 0 Å². The third-order valence-electron chi connectivity index (χ3n) is 2.81. The summed E-state index contributed by atoms with van der Waals surface area (Å²) in [5.74, 6) is -0.525. The number of anilines is 1. The van der Waals surface area contributed by atoms with Gasteiger partial charge in [-0.15, -0.1) is 0 Å². The highest BCUT2D eigenvalue weighted by Crippen LogP contribution is 2.22. The third kappa shape index (κ3) is 3.69. The van der Waals surface area contributed by atoms with Crippen LogP contribution in [0.5, 0.6) is 5.75 Å². The summed E-state index contributed by atoms with van der Waals surface area (Å²) in [5, 5.41) is 0. The molecule has 2 rings (SSSR count). The zero-order valence-corrected chi connectivity index (χ0v) is 12.4. The molecular formula is C14H15FN2O3S. The molecule has 0 bridgehead atoms. The number of sulfone groups is 1. The van der Waals surface area contributed by atoms with E-state index in [2.05, 4.69) is 4.98 Å². The van der Waals surface area contributed by atoms with Crippen LogP contribution in [0.3, 0.4) is 0 Å². The lowest BCUT2D eigenvalue weighted by Crippen LogP contribution is -2.08. The Morgan fingerprint density at radius 2 is 1.95 bits per heavy atom. The lowest BCUT2D eigenvalue weighted by Gasteiger charge is -2.08. The van der Waals surface area contributed by atoms with Crippen molar-refractivity contribution >= 4 is 15.5 Å². The first-order valence-corrected chi connectivity index (χ1v) is 7.76. The van der Waals surface area contributed by atoms with Gasteiger partial charge in [0, 0.05) is 23.5 Å². The maximum absolute atomic E-state index is 13.3. The van der Waals surface area contributed by atoms with Gasteiger partial charge < -0.3 is 10.5 Å². The van der Waals surface area contributed by atoms with Gasteiger partial charge in [0.2, 0.25) is 0 Å². The normalized spacial score (nSPS) is 11.4. The SMILES string of the molecule is COc1cc(C)nc(CS(=O)(=O)c2cc(N)cc(F)c2)c1. The molecule has 1 heterocycles. The van der Waals surface area contributed by atoms with Crippen LogP contribution in [0.4, 0.5) is 10.1 Å². The van der Waals surface area contributed by atoms with Gasteiger partial charge in [0.05, 0.1) is 23.5 Å². The van der Waals surface area contributed by atoms with Crippen LogP contribution in [0.15, 0.2) is 35.2 Å². The predicted octanol–water partition coefficient (Wildman–Crippen LogP) is 2.09. The highest BCUT2D eigenvalue weighted by Gasteiger charge is 2.18. The predicted molar refractivity (Wildman–Crippen MR) is 77.2 cm³/mol. The van der Waals surface area contributed by atoms with Gasteiger partial charge in [-0.25, -0.2) is 12.8 Å². The molecule has 2 N–H and O–H groups in total. The lowest BCUT2D eigenvalue weighted by molar-refractivity contribution is 0.413. The number of nitrogens with zero attached hydrogens (tertiary/aromatic N) is 1. The maximum Gasteiger partial charge on any atom is 0.184 e. The second-order valence-electron chi connectivity index (χ2n) is 4.62. The fourth-order valence-electron chi connectivity index (χ4n) is 1.94. The average Bonchev–Trinajstić information content (AvgIpc) is 2.36. The number of aromatic nitrogens is 1. The van der Waals surface area contributed by atoms with Crippen molar-refractivity contribution in [2.75, 3.05) is 12.8 Å². The number of nitrogens with two attached hydrogens (primary N) is 1. The van der Waals surface area contributed by atoms with E-state index in [9.17, 15) is 12.8 Å². The summed E-state index contributed by atoms with van der Waals surface area (Å²) in [7, 11) is -2.25. The fraction of sp³-hybridized carbons (Fsp3) is 0.214. The van der Waals surface area contributed by atoms with Crippen molar-refractivity contribution < 1.29 is 17.5 Å². The molecule has 0 amide bonds. The molecule has 7 heteroatoms. The monoisotopic (exact) mass is 310 g/mol. The summed E-state index contributed by atoms with van der Waals surface area (Å²) in [6, 6.07) is 6.46. The first-order valence-electron chi connectivity index (χ1n) is 6.10. The smallest absolute Gasteiger partial charge is 0.184 e. The molecular weight excluding hydrogens is 295 g/mol. The first kappa shape index (κ1) is 15.2. The van der Waals surface area contributed by atoms with Gasteiger partial charge in [0.15, 0.2) is 9.84 Å². The number of halogens is 1. The Morgan fingerprint density at radius 3 is 2.57 bits per heavy atom. The maximum atomic E-state index is 13.3. The van der Waals surface area contributed by atoms with E-state index in [0.717, 1.165) is 12.1 Å². The standard InChI is InChI=1S/C14H15FN2O3S/c1-9-3-13(20-2)7-12(17-9)8-21(18,19)14-5-10(15)4-11(16)6-14/h3-7H,8,16H2,1-2H3. The van der Waals surface area contributed by atoms with E-state index in [-0.39, 0.29) is 16.3 Å². The Morgan fingerprint density at radius 1 is 1.24 bits per heavy atom. The lowest BCUT2D eigenvalue weighted by atomic mass is 10.3. The van der Waals surface area contributed by atoms with Crippen molar-refractivity contribution in [1.82, 2.24) is 4.98 Å². The highest BCUT2D eigenvalue weighted by molar-refractivity contribution is 7.90. The van der Waals surface area contributed by atoms with E-state index in [1.807, 2.05) is 0 Å².